The van der Waals surface area contributed by atoms with Gasteiger partial charge in [0.2, 0.25) is 0 Å². The summed E-state index contributed by atoms with van der Waals surface area (Å²) < 4.78 is 15.1. The molecule has 1 saturated heterocycles. The lowest BCUT2D eigenvalue weighted by Crippen LogP contribution is -2.29. The van der Waals surface area contributed by atoms with Crippen molar-refractivity contribution in [2.45, 2.75) is 12.8 Å². The van der Waals surface area contributed by atoms with E-state index in [1.165, 1.54) is 22.3 Å². The van der Waals surface area contributed by atoms with E-state index in [2.05, 4.69) is 64.3 Å². The fourth-order valence-corrected chi connectivity index (χ4v) is 5.06. The summed E-state index contributed by atoms with van der Waals surface area (Å²) in [5.74, 6) is 0.617. The Bertz CT molecular complexity index is 1290. The Hall–Kier alpha value is -3.18. The summed E-state index contributed by atoms with van der Waals surface area (Å²) in [4.78, 5) is 12.8. The van der Waals surface area contributed by atoms with Crippen LogP contribution in [0.2, 0.25) is 0 Å². The molecule has 0 radical (unpaired) electrons. The first-order chi connectivity index (χ1) is 15.2. The van der Waals surface area contributed by atoms with Gasteiger partial charge in [-0.25, -0.2) is 9.37 Å². The molecule has 1 aliphatic carbocycles. The first-order valence-electron chi connectivity index (χ1n) is 11.0. The van der Waals surface area contributed by atoms with Crippen molar-refractivity contribution in [2.75, 3.05) is 38.1 Å². The highest BCUT2D eigenvalue weighted by Gasteiger charge is 2.23. The van der Waals surface area contributed by atoms with Crippen LogP contribution in [0.1, 0.15) is 17.5 Å². The standard InChI is InChI=1S/C26H25FN4/c1-30-10-5-11-31(13-12-30)24-16-23-22(15-21(24)27)28-26(29-23)20-9-4-7-18-14-17-6-2-3-8-19(17)25(18)20/h2-4,6-9,15-16H,5,10-14H2,1H3,(H,28,29). The molecule has 1 aliphatic heterocycles. The first-order valence-corrected chi connectivity index (χ1v) is 11.0. The number of anilines is 1. The lowest BCUT2D eigenvalue weighted by Gasteiger charge is -2.23. The summed E-state index contributed by atoms with van der Waals surface area (Å²) in [7, 11) is 2.12. The molecule has 1 fully saturated rings. The molecule has 4 nitrogen and oxygen atoms in total. The van der Waals surface area contributed by atoms with Crippen LogP contribution >= 0.6 is 0 Å². The lowest BCUT2D eigenvalue weighted by atomic mass is 9.99. The average Bonchev–Trinajstić information content (AvgIpc) is 3.29. The second kappa shape index (κ2) is 7.20. The molecule has 6 rings (SSSR count). The third kappa shape index (κ3) is 3.12. The van der Waals surface area contributed by atoms with E-state index >= 15 is 4.39 Å². The number of likely N-dealkylation sites (N-methyl/N-ethyl adjacent to an activating group) is 1. The van der Waals surface area contributed by atoms with E-state index in [0.717, 1.165) is 61.4 Å². The summed E-state index contributed by atoms with van der Waals surface area (Å²) in [6.07, 6.45) is 1.98. The monoisotopic (exact) mass is 412 g/mol. The Morgan fingerprint density at radius 2 is 1.74 bits per heavy atom. The SMILES string of the molecule is CN1CCCN(c2cc3nc(-c4cccc5c4-c4ccccc4C5)[nH]c3cc2F)CC1. The molecular formula is C26H25FN4. The van der Waals surface area contributed by atoms with E-state index in [9.17, 15) is 0 Å². The molecule has 0 amide bonds. The zero-order valence-corrected chi connectivity index (χ0v) is 17.7. The fourth-order valence-electron chi connectivity index (χ4n) is 5.06. The Labute approximate surface area is 181 Å². The highest BCUT2D eigenvalue weighted by molar-refractivity contribution is 5.91. The second-order valence-corrected chi connectivity index (χ2v) is 8.72. The number of hydrogen-bond acceptors (Lipinski definition) is 3. The smallest absolute Gasteiger partial charge is 0.148 e. The number of benzene rings is 3. The predicted molar refractivity (Wildman–Crippen MR) is 124 cm³/mol. The molecular weight excluding hydrogens is 387 g/mol. The third-order valence-electron chi connectivity index (χ3n) is 6.68. The molecule has 0 unspecified atom stereocenters. The fraction of sp³-hybridized carbons (Fsp3) is 0.269. The van der Waals surface area contributed by atoms with Crippen LogP contribution in [0, 0.1) is 5.82 Å². The van der Waals surface area contributed by atoms with E-state index < -0.39 is 0 Å². The minimum Gasteiger partial charge on any atom is -0.368 e. The zero-order chi connectivity index (χ0) is 20.9. The summed E-state index contributed by atoms with van der Waals surface area (Å²) in [6.45, 7) is 3.69. The summed E-state index contributed by atoms with van der Waals surface area (Å²) >= 11 is 0. The minimum atomic E-state index is -0.184. The minimum absolute atomic E-state index is 0.184. The number of halogens is 1. The van der Waals surface area contributed by atoms with Gasteiger partial charge in [-0.05, 0) is 54.8 Å². The van der Waals surface area contributed by atoms with Gasteiger partial charge < -0.3 is 14.8 Å². The lowest BCUT2D eigenvalue weighted by molar-refractivity contribution is 0.360. The Morgan fingerprint density at radius 1 is 0.903 bits per heavy atom. The Kier molecular flexibility index (Phi) is 4.32. The largest absolute Gasteiger partial charge is 0.368 e. The van der Waals surface area contributed by atoms with E-state index in [1.54, 1.807) is 6.07 Å². The summed E-state index contributed by atoms with van der Waals surface area (Å²) in [6, 6.07) is 18.5. The molecule has 4 aromatic rings. The van der Waals surface area contributed by atoms with Gasteiger partial charge in [0.1, 0.15) is 11.6 Å². The highest BCUT2D eigenvalue weighted by atomic mass is 19.1. The van der Waals surface area contributed by atoms with Gasteiger partial charge in [0.05, 0.1) is 16.7 Å². The number of hydrogen-bond donors (Lipinski definition) is 1. The molecule has 5 heteroatoms. The molecule has 2 heterocycles. The molecule has 0 saturated carbocycles. The van der Waals surface area contributed by atoms with Crippen molar-refractivity contribution in [1.82, 2.24) is 14.9 Å². The number of fused-ring (bicyclic) bond motifs is 4. The molecule has 3 aromatic carbocycles. The summed E-state index contributed by atoms with van der Waals surface area (Å²) in [5, 5.41) is 0. The van der Waals surface area contributed by atoms with Gasteiger partial charge in [0, 0.05) is 31.3 Å². The van der Waals surface area contributed by atoms with Crippen LogP contribution in [0.5, 0.6) is 0 Å². The molecule has 0 spiro atoms. The van der Waals surface area contributed by atoms with Crippen LogP contribution < -0.4 is 4.90 Å². The molecule has 1 N–H and O–H groups in total. The van der Waals surface area contributed by atoms with Crippen molar-refractivity contribution in [3.8, 4) is 22.5 Å². The number of imidazole rings is 1. The van der Waals surface area contributed by atoms with Crippen LogP contribution in [-0.2, 0) is 6.42 Å². The van der Waals surface area contributed by atoms with Gasteiger partial charge in [-0.3, -0.25) is 0 Å². The quantitative estimate of drug-likeness (QED) is 0.439. The average molecular weight is 413 g/mol. The van der Waals surface area contributed by atoms with Crippen LogP contribution in [0.25, 0.3) is 33.5 Å². The van der Waals surface area contributed by atoms with Gasteiger partial charge in [-0.2, -0.15) is 0 Å². The van der Waals surface area contributed by atoms with E-state index in [1.807, 2.05) is 6.07 Å². The van der Waals surface area contributed by atoms with Crippen molar-refractivity contribution >= 4 is 16.7 Å². The van der Waals surface area contributed by atoms with Crippen molar-refractivity contribution in [2.24, 2.45) is 0 Å². The van der Waals surface area contributed by atoms with E-state index in [4.69, 9.17) is 4.98 Å². The number of nitrogens with zero attached hydrogens (tertiary/aromatic N) is 3. The van der Waals surface area contributed by atoms with Crippen LogP contribution in [0.15, 0.2) is 54.6 Å². The maximum Gasteiger partial charge on any atom is 0.148 e. The number of nitrogens with one attached hydrogen (secondary N) is 1. The second-order valence-electron chi connectivity index (χ2n) is 8.72. The maximum atomic E-state index is 15.1. The van der Waals surface area contributed by atoms with Crippen LogP contribution in [0.4, 0.5) is 10.1 Å². The first kappa shape index (κ1) is 18.6. The number of aromatic nitrogens is 2. The normalized spacial score (nSPS) is 16.4. The molecule has 0 atom stereocenters. The van der Waals surface area contributed by atoms with Crippen LogP contribution in [-0.4, -0.2) is 48.1 Å². The van der Waals surface area contributed by atoms with E-state index in [-0.39, 0.29) is 5.82 Å². The van der Waals surface area contributed by atoms with Crippen molar-refractivity contribution < 1.29 is 4.39 Å². The van der Waals surface area contributed by atoms with Gasteiger partial charge >= 0.3 is 0 Å². The molecule has 2 aliphatic rings. The van der Waals surface area contributed by atoms with E-state index in [0.29, 0.717) is 5.69 Å². The molecule has 1 aromatic heterocycles. The van der Waals surface area contributed by atoms with Crippen molar-refractivity contribution in [3.63, 3.8) is 0 Å². The van der Waals surface area contributed by atoms with Gasteiger partial charge in [0.25, 0.3) is 0 Å². The highest BCUT2D eigenvalue weighted by Crippen LogP contribution is 2.42. The van der Waals surface area contributed by atoms with Gasteiger partial charge in [0.15, 0.2) is 0 Å². The van der Waals surface area contributed by atoms with Gasteiger partial charge in [-0.15, -0.1) is 0 Å². The zero-order valence-electron chi connectivity index (χ0n) is 17.7. The Balaban J connectivity index is 1.44. The number of aromatic amines is 1. The predicted octanol–water partition coefficient (Wildman–Crippen LogP) is 5.08. The number of H-pyrrole nitrogens is 1. The Morgan fingerprint density at radius 3 is 2.68 bits per heavy atom. The van der Waals surface area contributed by atoms with Gasteiger partial charge in [-0.1, -0.05) is 42.5 Å². The molecule has 31 heavy (non-hydrogen) atoms. The summed E-state index contributed by atoms with van der Waals surface area (Å²) in [5.41, 5.74) is 8.48. The van der Waals surface area contributed by atoms with Crippen LogP contribution in [0.3, 0.4) is 0 Å². The third-order valence-corrected chi connectivity index (χ3v) is 6.68. The van der Waals surface area contributed by atoms with Crippen molar-refractivity contribution in [3.05, 3.63) is 71.5 Å². The molecule has 0 bridgehead atoms. The van der Waals surface area contributed by atoms with Crippen molar-refractivity contribution in [1.29, 1.82) is 0 Å². The molecule has 156 valence electrons. The maximum absolute atomic E-state index is 15.1. The number of rotatable bonds is 2. The topological polar surface area (TPSA) is 35.2 Å².